The van der Waals surface area contributed by atoms with Crippen molar-refractivity contribution in [2.45, 2.75) is 51.7 Å². The summed E-state index contributed by atoms with van der Waals surface area (Å²) in [5.74, 6) is 0.663. The smallest absolute Gasteiger partial charge is 0.237 e. The van der Waals surface area contributed by atoms with Gasteiger partial charge in [0.25, 0.3) is 0 Å². The van der Waals surface area contributed by atoms with E-state index in [1.807, 2.05) is 4.90 Å². The molecule has 2 saturated heterocycles. The molecule has 0 spiro atoms. The molecule has 2 heterocycles. The van der Waals surface area contributed by atoms with E-state index in [0.29, 0.717) is 38.8 Å². The summed E-state index contributed by atoms with van der Waals surface area (Å²) >= 11 is 0. The van der Waals surface area contributed by atoms with E-state index in [9.17, 15) is 9.59 Å². The summed E-state index contributed by atoms with van der Waals surface area (Å²) in [6.07, 6.45) is 3.23. The Balaban J connectivity index is 1.80. The van der Waals surface area contributed by atoms with E-state index in [0.717, 1.165) is 32.4 Å². The minimum absolute atomic E-state index is 0.00820. The number of nitrogens with one attached hydrogen (secondary N) is 1. The average molecular weight is 370 g/mol. The number of nitrogens with zero attached hydrogens (tertiary/aromatic N) is 2. The number of methoxy groups -OCH3 is 1. The van der Waals surface area contributed by atoms with E-state index in [1.165, 1.54) is 0 Å². The van der Waals surface area contributed by atoms with Crippen LogP contribution < -0.4 is 5.32 Å². The van der Waals surface area contributed by atoms with Crippen LogP contribution in [-0.4, -0.2) is 86.8 Å². The molecule has 1 N–H and O–H groups in total. The highest BCUT2D eigenvalue weighted by Crippen LogP contribution is 2.18. The van der Waals surface area contributed by atoms with Gasteiger partial charge in [-0.2, -0.15) is 0 Å². The van der Waals surface area contributed by atoms with Crippen LogP contribution in [0.3, 0.4) is 0 Å². The van der Waals surface area contributed by atoms with Crippen LogP contribution in [-0.2, 0) is 19.1 Å². The van der Waals surface area contributed by atoms with Crippen LogP contribution in [0, 0.1) is 5.92 Å². The predicted molar refractivity (Wildman–Crippen MR) is 99.9 cm³/mol. The normalized spacial score (nSPS) is 22.7. The number of carbonyl (C=O) groups is 2. The quantitative estimate of drug-likeness (QED) is 0.611. The first kappa shape index (κ1) is 21.1. The SMILES string of the molecule is COCCOC1CCN(C(=O)C[C@@H]2C(=O)NCCN2CCC(C)C)CC1. The highest BCUT2D eigenvalue weighted by atomic mass is 16.5. The summed E-state index contributed by atoms with van der Waals surface area (Å²) in [6.45, 7) is 9.35. The monoisotopic (exact) mass is 369 g/mol. The Morgan fingerprint density at radius 1 is 1.23 bits per heavy atom. The van der Waals surface area contributed by atoms with Gasteiger partial charge < -0.3 is 19.7 Å². The molecule has 0 bridgehead atoms. The number of likely N-dealkylation sites (tertiary alicyclic amines) is 1. The Morgan fingerprint density at radius 2 is 1.96 bits per heavy atom. The van der Waals surface area contributed by atoms with Gasteiger partial charge in [0.15, 0.2) is 0 Å². The van der Waals surface area contributed by atoms with Gasteiger partial charge in [0, 0.05) is 33.3 Å². The Labute approximate surface area is 157 Å². The van der Waals surface area contributed by atoms with Crippen LogP contribution in [0.25, 0.3) is 0 Å². The van der Waals surface area contributed by atoms with E-state index >= 15 is 0 Å². The van der Waals surface area contributed by atoms with Crippen LogP contribution in [0.1, 0.15) is 39.5 Å². The fourth-order valence-electron chi connectivity index (χ4n) is 3.54. The highest BCUT2D eigenvalue weighted by molar-refractivity contribution is 5.88. The lowest BCUT2D eigenvalue weighted by atomic mass is 10.0. The number of piperazine rings is 1. The zero-order valence-corrected chi connectivity index (χ0v) is 16.5. The lowest BCUT2D eigenvalue weighted by Crippen LogP contribution is -2.57. The van der Waals surface area contributed by atoms with E-state index in [2.05, 4.69) is 24.1 Å². The molecule has 2 aliphatic rings. The minimum Gasteiger partial charge on any atom is -0.382 e. The number of carbonyl (C=O) groups excluding carboxylic acids is 2. The van der Waals surface area contributed by atoms with Crippen molar-refractivity contribution in [3.8, 4) is 0 Å². The summed E-state index contributed by atoms with van der Waals surface area (Å²) in [5, 5.41) is 2.91. The molecule has 7 nitrogen and oxygen atoms in total. The summed E-state index contributed by atoms with van der Waals surface area (Å²) in [6, 6.07) is -0.328. The summed E-state index contributed by atoms with van der Waals surface area (Å²) in [4.78, 5) is 29.1. The third-order valence-electron chi connectivity index (χ3n) is 5.24. The predicted octanol–water partition coefficient (Wildman–Crippen LogP) is 0.877. The molecule has 2 fully saturated rings. The summed E-state index contributed by atoms with van der Waals surface area (Å²) in [5.41, 5.74) is 0. The first-order valence-corrected chi connectivity index (χ1v) is 9.91. The standard InChI is InChI=1S/C19H35N3O4/c1-15(2)4-8-21-11-7-20-19(24)17(21)14-18(23)22-9-5-16(6-10-22)26-13-12-25-3/h15-17H,4-14H2,1-3H3,(H,20,24)/t17-/m1/s1. The fraction of sp³-hybridized carbons (Fsp3) is 0.895. The van der Waals surface area contributed by atoms with Gasteiger partial charge in [-0.3, -0.25) is 14.5 Å². The molecular weight excluding hydrogens is 334 g/mol. The molecule has 0 aliphatic carbocycles. The number of piperidine rings is 1. The van der Waals surface area contributed by atoms with Crippen molar-refractivity contribution >= 4 is 11.8 Å². The van der Waals surface area contributed by atoms with E-state index < -0.39 is 0 Å². The molecular formula is C19H35N3O4. The van der Waals surface area contributed by atoms with Crippen LogP contribution >= 0.6 is 0 Å². The second-order valence-corrected chi connectivity index (χ2v) is 7.67. The fourth-order valence-corrected chi connectivity index (χ4v) is 3.54. The maximum atomic E-state index is 12.7. The molecule has 7 heteroatoms. The molecule has 2 amide bonds. The topological polar surface area (TPSA) is 71.1 Å². The maximum Gasteiger partial charge on any atom is 0.237 e. The third-order valence-corrected chi connectivity index (χ3v) is 5.24. The van der Waals surface area contributed by atoms with Crippen molar-refractivity contribution in [1.29, 1.82) is 0 Å². The molecule has 0 aromatic heterocycles. The molecule has 0 aromatic rings. The third kappa shape index (κ3) is 6.52. The van der Waals surface area contributed by atoms with Gasteiger partial charge >= 0.3 is 0 Å². The van der Waals surface area contributed by atoms with Gasteiger partial charge in [0.2, 0.25) is 11.8 Å². The van der Waals surface area contributed by atoms with Crippen LogP contribution in [0.4, 0.5) is 0 Å². The lowest BCUT2D eigenvalue weighted by molar-refractivity contribution is -0.140. The molecule has 0 unspecified atom stereocenters. The molecule has 150 valence electrons. The zero-order valence-electron chi connectivity index (χ0n) is 16.5. The van der Waals surface area contributed by atoms with Crippen molar-refractivity contribution in [2.75, 3.05) is 53.0 Å². The van der Waals surface area contributed by atoms with Crippen LogP contribution in [0.5, 0.6) is 0 Å². The number of hydrogen-bond acceptors (Lipinski definition) is 5. The number of hydrogen-bond donors (Lipinski definition) is 1. The Bertz CT molecular complexity index is 450. The summed E-state index contributed by atoms with van der Waals surface area (Å²) < 4.78 is 10.8. The molecule has 1 atom stereocenters. The van der Waals surface area contributed by atoms with Gasteiger partial charge in [-0.1, -0.05) is 13.8 Å². The Hall–Kier alpha value is -1.18. The largest absolute Gasteiger partial charge is 0.382 e. The van der Waals surface area contributed by atoms with Crippen molar-refractivity contribution in [1.82, 2.24) is 15.1 Å². The van der Waals surface area contributed by atoms with E-state index in [1.54, 1.807) is 7.11 Å². The van der Waals surface area contributed by atoms with E-state index in [4.69, 9.17) is 9.47 Å². The number of amides is 2. The molecule has 0 aromatic carbocycles. The zero-order chi connectivity index (χ0) is 18.9. The molecule has 2 rings (SSSR count). The number of rotatable bonds is 9. The highest BCUT2D eigenvalue weighted by Gasteiger charge is 2.33. The molecule has 26 heavy (non-hydrogen) atoms. The minimum atomic E-state index is -0.328. The van der Waals surface area contributed by atoms with E-state index in [-0.39, 0.29) is 30.4 Å². The lowest BCUT2D eigenvalue weighted by Gasteiger charge is -2.37. The second-order valence-electron chi connectivity index (χ2n) is 7.67. The second kappa shape index (κ2) is 10.8. The van der Waals surface area contributed by atoms with Crippen LogP contribution in [0.2, 0.25) is 0 Å². The number of ether oxygens (including phenoxy) is 2. The van der Waals surface area contributed by atoms with Gasteiger partial charge in [-0.15, -0.1) is 0 Å². The maximum absolute atomic E-state index is 12.7. The average Bonchev–Trinajstić information content (AvgIpc) is 2.63. The first-order valence-electron chi connectivity index (χ1n) is 9.91. The van der Waals surface area contributed by atoms with Crippen molar-refractivity contribution < 1.29 is 19.1 Å². The van der Waals surface area contributed by atoms with Crippen LogP contribution in [0.15, 0.2) is 0 Å². The Kier molecular flexibility index (Phi) is 8.81. The first-order chi connectivity index (χ1) is 12.5. The van der Waals surface area contributed by atoms with Gasteiger partial charge in [-0.05, 0) is 31.7 Å². The molecule has 0 radical (unpaired) electrons. The van der Waals surface area contributed by atoms with Gasteiger partial charge in [0.1, 0.15) is 0 Å². The van der Waals surface area contributed by atoms with Gasteiger partial charge in [0.05, 0.1) is 31.8 Å². The van der Waals surface area contributed by atoms with Crippen molar-refractivity contribution in [3.63, 3.8) is 0 Å². The molecule has 2 aliphatic heterocycles. The summed E-state index contributed by atoms with van der Waals surface area (Å²) in [7, 11) is 1.66. The molecule has 0 saturated carbocycles. The van der Waals surface area contributed by atoms with Crippen molar-refractivity contribution in [3.05, 3.63) is 0 Å². The van der Waals surface area contributed by atoms with Gasteiger partial charge in [-0.25, -0.2) is 0 Å². The van der Waals surface area contributed by atoms with Crippen molar-refractivity contribution in [2.24, 2.45) is 5.92 Å². The Morgan fingerprint density at radius 3 is 2.62 bits per heavy atom.